The first-order valence-corrected chi connectivity index (χ1v) is 14.4. The maximum absolute atomic E-state index is 13.5. The molecule has 0 aromatic heterocycles. The van der Waals surface area contributed by atoms with E-state index in [4.69, 9.17) is 0 Å². The predicted octanol–water partition coefficient (Wildman–Crippen LogP) is 9.75. The number of carbonyl (C=O) groups is 2. The fourth-order valence-electron chi connectivity index (χ4n) is 4.77. The minimum atomic E-state index is -0.176. The first-order chi connectivity index (χ1) is 19.2. The Morgan fingerprint density at radius 1 is 0.410 bits per heavy atom. The van der Waals surface area contributed by atoms with E-state index in [-0.39, 0.29) is 18.0 Å². The van der Waals surface area contributed by atoms with Gasteiger partial charge in [-0.15, -0.1) is 0 Å². The van der Waals surface area contributed by atoms with E-state index in [0.29, 0.717) is 11.1 Å². The molecule has 0 saturated carbocycles. The zero-order valence-electron chi connectivity index (χ0n) is 21.0. The Hall–Kier alpha value is -4.12. The highest BCUT2D eigenvalue weighted by Gasteiger charge is 2.20. The summed E-state index contributed by atoms with van der Waals surface area (Å²) >= 11 is 3.34. The van der Waals surface area contributed by atoms with Crippen molar-refractivity contribution < 1.29 is 9.59 Å². The lowest BCUT2D eigenvalue weighted by atomic mass is 9.94. The van der Waals surface area contributed by atoms with Crippen LogP contribution in [0.25, 0.3) is 21.5 Å². The van der Waals surface area contributed by atoms with Gasteiger partial charge in [-0.05, 0) is 70.1 Å². The second-order valence-electron chi connectivity index (χ2n) is 9.17. The van der Waals surface area contributed by atoms with Crippen LogP contribution in [0, 0.1) is 0 Å². The lowest BCUT2D eigenvalue weighted by Crippen LogP contribution is -2.10. The van der Waals surface area contributed by atoms with Crippen molar-refractivity contribution >= 4 is 56.6 Å². The summed E-state index contributed by atoms with van der Waals surface area (Å²) in [7, 11) is 0. The van der Waals surface area contributed by atoms with E-state index in [1.54, 1.807) is 23.5 Å². The molecule has 0 saturated heterocycles. The zero-order valence-corrected chi connectivity index (χ0v) is 22.7. The van der Waals surface area contributed by atoms with Gasteiger partial charge in [0.2, 0.25) is 0 Å². The highest BCUT2D eigenvalue weighted by molar-refractivity contribution is 7.99. The summed E-state index contributed by atoms with van der Waals surface area (Å²) in [6.07, 6.45) is -0.176. The Morgan fingerprint density at radius 2 is 0.769 bits per heavy atom. The molecule has 2 nitrogen and oxygen atoms in total. The second-order valence-corrected chi connectivity index (χ2v) is 11.4. The Bertz CT molecular complexity index is 1680. The Balaban J connectivity index is 1.29. The molecule has 6 aromatic carbocycles. The van der Waals surface area contributed by atoms with E-state index < -0.39 is 0 Å². The topological polar surface area (TPSA) is 34.1 Å². The molecular formula is C35H24O2S2. The van der Waals surface area contributed by atoms with Crippen LogP contribution < -0.4 is 0 Å². The fraction of sp³-hybridized carbons (Fsp3) is 0.0286. The lowest BCUT2D eigenvalue weighted by molar-refractivity contribution is 0.0896. The van der Waals surface area contributed by atoms with E-state index in [1.807, 2.05) is 109 Å². The number of carbonyl (C=O) groups excluding carboxylic acids is 2. The van der Waals surface area contributed by atoms with Crippen LogP contribution in [0.1, 0.15) is 27.1 Å². The Labute approximate surface area is 236 Å². The minimum Gasteiger partial charge on any atom is -0.294 e. The van der Waals surface area contributed by atoms with Gasteiger partial charge < -0.3 is 0 Å². The molecule has 0 spiro atoms. The van der Waals surface area contributed by atoms with Gasteiger partial charge in [-0.3, -0.25) is 9.59 Å². The molecule has 188 valence electrons. The van der Waals surface area contributed by atoms with Crippen LogP contribution in [0.15, 0.2) is 153 Å². The molecule has 0 atom stereocenters. The fourth-order valence-corrected chi connectivity index (χ4v) is 6.72. The average molecular weight is 541 g/mol. The van der Waals surface area contributed by atoms with Gasteiger partial charge in [-0.25, -0.2) is 0 Å². The molecule has 39 heavy (non-hydrogen) atoms. The SMILES string of the molecule is O=C(CC(=O)c1ccc(Sc2ccccc2)c2ccccc12)c1ccc(Sc2ccccc2)c2ccccc12. The number of fused-ring (bicyclic) bond motifs is 2. The van der Waals surface area contributed by atoms with Crippen LogP contribution >= 0.6 is 23.5 Å². The third-order valence-electron chi connectivity index (χ3n) is 6.63. The smallest absolute Gasteiger partial charge is 0.171 e. The molecule has 0 aliphatic heterocycles. The molecule has 0 N–H and O–H groups in total. The predicted molar refractivity (Wildman–Crippen MR) is 162 cm³/mol. The number of Topliss-reactive ketones (excluding diaryl/α,β-unsaturated/α-hetero) is 2. The van der Waals surface area contributed by atoms with Gasteiger partial charge in [0.1, 0.15) is 0 Å². The standard InChI is InChI=1S/C35H24O2S2/c36-32(28-19-21-34(30-17-9-7-15-26(28)30)38-24-11-3-1-4-12-24)23-33(37)29-20-22-35(31-18-10-8-16-27(29)31)39-25-13-5-2-6-14-25/h1-22H,23H2. The highest BCUT2D eigenvalue weighted by Crippen LogP contribution is 2.37. The number of ketones is 2. The van der Waals surface area contributed by atoms with Gasteiger partial charge >= 0.3 is 0 Å². The summed E-state index contributed by atoms with van der Waals surface area (Å²) in [5, 5.41) is 3.76. The molecule has 6 aromatic rings. The van der Waals surface area contributed by atoms with Crippen molar-refractivity contribution in [3.63, 3.8) is 0 Å². The van der Waals surface area contributed by atoms with Crippen molar-refractivity contribution in [2.45, 2.75) is 26.0 Å². The van der Waals surface area contributed by atoms with Gasteiger partial charge in [0, 0.05) is 30.7 Å². The quantitative estimate of drug-likeness (QED) is 0.142. The van der Waals surface area contributed by atoms with Gasteiger partial charge in [-0.2, -0.15) is 0 Å². The van der Waals surface area contributed by atoms with Gasteiger partial charge in [0.05, 0.1) is 6.42 Å². The van der Waals surface area contributed by atoms with Crippen LogP contribution in [0.4, 0.5) is 0 Å². The molecule has 0 bridgehead atoms. The lowest BCUT2D eigenvalue weighted by Gasteiger charge is -2.12. The summed E-state index contributed by atoms with van der Waals surface area (Å²) in [6.45, 7) is 0. The average Bonchev–Trinajstić information content (AvgIpc) is 2.98. The third kappa shape index (κ3) is 5.40. The first-order valence-electron chi connectivity index (χ1n) is 12.7. The van der Waals surface area contributed by atoms with Crippen molar-refractivity contribution in [1.82, 2.24) is 0 Å². The summed E-state index contributed by atoms with van der Waals surface area (Å²) < 4.78 is 0. The van der Waals surface area contributed by atoms with Crippen LogP contribution in [0.3, 0.4) is 0 Å². The maximum atomic E-state index is 13.5. The molecule has 0 amide bonds. The number of benzene rings is 6. The van der Waals surface area contributed by atoms with Crippen LogP contribution in [-0.2, 0) is 0 Å². The van der Waals surface area contributed by atoms with Crippen molar-refractivity contribution in [2.24, 2.45) is 0 Å². The minimum absolute atomic E-state index is 0.167. The van der Waals surface area contributed by atoms with Crippen LogP contribution in [0.2, 0.25) is 0 Å². The number of hydrogen-bond acceptors (Lipinski definition) is 4. The van der Waals surface area contributed by atoms with Crippen LogP contribution in [0.5, 0.6) is 0 Å². The molecule has 0 aliphatic carbocycles. The van der Waals surface area contributed by atoms with Crippen molar-refractivity contribution in [3.8, 4) is 0 Å². The summed E-state index contributed by atoms with van der Waals surface area (Å²) in [4.78, 5) is 31.5. The molecule has 4 heteroatoms. The van der Waals surface area contributed by atoms with E-state index in [2.05, 4.69) is 24.3 Å². The maximum Gasteiger partial charge on any atom is 0.171 e. The van der Waals surface area contributed by atoms with Crippen molar-refractivity contribution in [2.75, 3.05) is 0 Å². The zero-order chi connectivity index (χ0) is 26.6. The molecule has 0 radical (unpaired) electrons. The highest BCUT2D eigenvalue weighted by atomic mass is 32.2. The third-order valence-corrected chi connectivity index (χ3v) is 8.80. The molecular weight excluding hydrogens is 517 g/mol. The molecule has 0 unspecified atom stereocenters. The molecule has 0 fully saturated rings. The first kappa shape index (κ1) is 25.2. The van der Waals surface area contributed by atoms with E-state index in [0.717, 1.165) is 41.1 Å². The van der Waals surface area contributed by atoms with E-state index in [1.165, 1.54) is 0 Å². The largest absolute Gasteiger partial charge is 0.294 e. The monoisotopic (exact) mass is 540 g/mol. The van der Waals surface area contributed by atoms with Gasteiger partial charge in [-0.1, -0.05) is 108 Å². The van der Waals surface area contributed by atoms with Crippen LogP contribution in [-0.4, -0.2) is 11.6 Å². The van der Waals surface area contributed by atoms with E-state index in [9.17, 15) is 9.59 Å². The summed E-state index contributed by atoms with van der Waals surface area (Å²) in [5.74, 6) is -0.335. The second kappa shape index (κ2) is 11.3. The van der Waals surface area contributed by atoms with Gasteiger partial charge in [0.25, 0.3) is 0 Å². The van der Waals surface area contributed by atoms with E-state index >= 15 is 0 Å². The molecule has 6 rings (SSSR count). The number of rotatable bonds is 8. The van der Waals surface area contributed by atoms with Crippen molar-refractivity contribution in [1.29, 1.82) is 0 Å². The Morgan fingerprint density at radius 3 is 1.18 bits per heavy atom. The molecule has 0 aliphatic rings. The normalized spacial score (nSPS) is 11.1. The van der Waals surface area contributed by atoms with Crippen molar-refractivity contribution in [3.05, 3.63) is 145 Å². The number of hydrogen-bond donors (Lipinski definition) is 0. The van der Waals surface area contributed by atoms with Gasteiger partial charge in [0.15, 0.2) is 11.6 Å². The molecule has 0 heterocycles. The Kier molecular flexibility index (Phi) is 7.31. The summed E-state index contributed by atoms with van der Waals surface area (Å²) in [6, 6.07) is 43.9. The summed E-state index contributed by atoms with van der Waals surface area (Å²) in [5.41, 5.74) is 1.16.